The summed E-state index contributed by atoms with van der Waals surface area (Å²) in [4.78, 5) is 36.3. The van der Waals surface area contributed by atoms with Gasteiger partial charge in [0.2, 0.25) is 5.91 Å². The second-order valence-corrected chi connectivity index (χ2v) is 8.19. The fourth-order valence-corrected chi connectivity index (χ4v) is 4.19. The van der Waals surface area contributed by atoms with E-state index in [1.165, 1.54) is 4.90 Å². The van der Waals surface area contributed by atoms with Crippen molar-refractivity contribution in [3.05, 3.63) is 59.7 Å². The highest BCUT2D eigenvalue weighted by Gasteiger charge is 2.33. The zero-order valence-electron chi connectivity index (χ0n) is 18.0. The number of nitrogens with one attached hydrogen (secondary N) is 1. The lowest BCUT2D eigenvalue weighted by molar-refractivity contribution is -0.155. The SMILES string of the molecule is O=C(O)COC1CN(C(=O)CC(O)CNC(=O)OCC2c3ccccc3-c3ccccc32)C1. The summed E-state index contributed by atoms with van der Waals surface area (Å²) < 4.78 is 10.5. The van der Waals surface area contributed by atoms with Crippen LogP contribution in [0.2, 0.25) is 0 Å². The monoisotopic (exact) mass is 454 g/mol. The third kappa shape index (κ3) is 5.32. The standard InChI is InChI=1S/C24H26N2O7/c27-15(9-22(28)26-11-16(12-26)32-14-23(29)30)10-25-24(31)33-13-21-19-7-3-1-5-17(19)18-6-2-4-8-20(18)21/h1-8,15-16,21,27H,9-14H2,(H,25,31)(H,29,30). The number of carboxylic acid groups (broad SMARTS) is 1. The van der Waals surface area contributed by atoms with Crippen LogP contribution in [0.25, 0.3) is 11.1 Å². The Morgan fingerprint density at radius 3 is 2.24 bits per heavy atom. The van der Waals surface area contributed by atoms with E-state index in [0.717, 1.165) is 22.3 Å². The third-order valence-corrected chi connectivity index (χ3v) is 5.88. The molecule has 0 radical (unpaired) electrons. The number of alkyl carbamates (subject to hydrolysis) is 1. The van der Waals surface area contributed by atoms with Gasteiger partial charge in [-0.2, -0.15) is 0 Å². The minimum absolute atomic E-state index is 0.0580. The number of aliphatic carboxylic acids is 1. The van der Waals surface area contributed by atoms with Gasteiger partial charge in [0.15, 0.2) is 0 Å². The smallest absolute Gasteiger partial charge is 0.407 e. The van der Waals surface area contributed by atoms with Crippen LogP contribution in [0.15, 0.2) is 48.5 Å². The summed E-state index contributed by atoms with van der Waals surface area (Å²) in [6, 6.07) is 16.1. The number of carbonyl (C=O) groups excluding carboxylic acids is 2. The Morgan fingerprint density at radius 1 is 1.03 bits per heavy atom. The summed E-state index contributed by atoms with van der Waals surface area (Å²) in [6.45, 7) is 0.228. The number of rotatable bonds is 9. The molecule has 1 atom stereocenters. The van der Waals surface area contributed by atoms with Crippen molar-refractivity contribution in [1.82, 2.24) is 10.2 Å². The molecule has 174 valence electrons. The maximum Gasteiger partial charge on any atom is 0.407 e. The van der Waals surface area contributed by atoms with Gasteiger partial charge < -0.3 is 29.9 Å². The second-order valence-electron chi connectivity index (χ2n) is 8.19. The summed E-state index contributed by atoms with van der Waals surface area (Å²) in [7, 11) is 0. The number of ether oxygens (including phenoxy) is 2. The molecule has 0 saturated carbocycles. The summed E-state index contributed by atoms with van der Waals surface area (Å²) in [5.41, 5.74) is 4.49. The van der Waals surface area contributed by atoms with Gasteiger partial charge in [-0.25, -0.2) is 9.59 Å². The first-order chi connectivity index (χ1) is 15.9. The second kappa shape index (κ2) is 10.0. The normalized spacial score (nSPS) is 15.8. The van der Waals surface area contributed by atoms with Crippen LogP contribution in [0.3, 0.4) is 0 Å². The molecule has 2 aromatic carbocycles. The van der Waals surface area contributed by atoms with Crippen molar-refractivity contribution in [3.63, 3.8) is 0 Å². The molecule has 33 heavy (non-hydrogen) atoms. The molecule has 1 saturated heterocycles. The molecule has 2 aliphatic rings. The molecule has 1 aliphatic heterocycles. The van der Waals surface area contributed by atoms with E-state index in [1.807, 2.05) is 36.4 Å². The number of hydrogen-bond donors (Lipinski definition) is 3. The van der Waals surface area contributed by atoms with Crippen molar-refractivity contribution in [2.45, 2.75) is 24.5 Å². The highest BCUT2D eigenvalue weighted by molar-refractivity contribution is 5.79. The molecule has 2 amide bonds. The minimum atomic E-state index is -1.06. The molecule has 1 unspecified atom stereocenters. The van der Waals surface area contributed by atoms with E-state index >= 15 is 0 Å². The first kappa shape index (κ1) is 22.8. The van der Waals surface area contributed by atoms with E-state index in [2.05, 4.69) is 17.4 Å². The molecule has 3 N–H and O–H groups in total. The number of amides is 2. The average molecular weight is 454 g/mol. The highest BCUT2D eigenvalue weighted by atomic mass is 16.5. The van der Waals surface area contributed by atoms with Crippen LogP contribution >= 0.6 is 0 Å². The molecule has 2 aromatic rings. The Labute approximate surface area is 190 Å². The Bertz CT molecular complexity index is 989. The molecule has 4 rings (SSSR count). The fraction of sp³-hybridized carbons (Fsp3) is 0.375. The average Bonchev–Trinajstić information content (AvgIpc) is 3.09. The van der Waals surface area contributed by atoms with Crippen molar-refractivity contribution in [1.29, 1.82) is 0 Å². The number of carboxylic acids is 1. The number of benzene rings is 2. The van der Waals surface area contributed by atoms with Crippen LogP contribution in [0.4, 0.5) is 4.79 Å². The van der Waals surface area contributed by atoms with E-state index in [9.17, 15) is 19.5 Å². The zero-order valence-corrected chi connectivity index (χ0v) is 18.0. The Morgan fingerprint density at radius 2 is 1.64 bits per heavy atom. The van der Waals surface area contributed by atoms with Crippen LogP contribution in [-0.2, 0) is 19.1 Å². The predicted molar refractivity (Wildman–Crippen MR) is 118 cm³/mol. The lowest BCUT2D eigenvalue weighted by atomic mass is 9.98. The molecule has 9 heteroatoms. The minimum Gasteiger partial charge on any atom is -0.480 e. The maximum atomic E-state index is 12.2. The number of fused-ring (bicyclic) bond motifs is 3. The van der Waals surface area contributed by atoms with Crippen molar-refractivity contribution in [2.75, 3.05) is 32.8 Å². The van der Waals surface area contributed by atoms with Gasteiger partial charge in [0.1, 0.15) is 13.2 Å². The van der Waals surface area contributed by atoms with E-state index in [0.29, 0.717) is 13.1 Å². The first-order valence-electron chi connectivity index (χ1n) is 10.8. The van der Waals surface area contributed by atoms with Crippen molar-refractivity contribution in [2.24, 2.45) is 0 Å². The Balaban J connectivity index is 1.19. The van der Waals surface area contributed by atoms with Crippen LogP contribution in [0.5, 0.6) is 0 Å². The Kier molecular flexibility index (Phi) is 6.90. The number of nitrogens with zero attached hydrogens (tertiary/aromatic N) is 1. The summed E-state index contributed by atoms with van der Waals surface area (Å²) in [5, 5.41) is 21.2. The van der Waals surface area contributed by atoms with Gasteiger partial charge in [-0.3, -0.25) is 4.79 Å². The van der Waals surface area contributed by atoms with Crippen molar-refractivity contribution in [3.8, 4) is 11.1 Å². The van der Waals surface area contributed by atoms with Gasteiger partial charge in [0, 0.05) is 25.6 Å². The lowest BCUT2D eigenvalue weighted by Crippen LogP contribution is -2.55. The third-order valence-electron chi connectivity index (χ3n) is 5.88. The van der Waals surface area contributed by atoms with Crippen molar-refractivity contribution >= 4 is 18.0 Å². The number of likely N-dealkylation sites (tertiary alicyclic amines) is 1. The molecule has 1 aliphatic carbocycles. The van der Waals surface area contributed by atoms with Gasteiger partial charge >= 0.3 is 12.1 Å². The van der Waals surface area contributed by atoms with E-state index < -0.39 is 24.8 Å². The molecule has 0 aromatic heterocycles. The number of hydrogen-bond acceptors (Lipinski definition) is 6. The maximum absolute atomic E-state index is 12.2. The summed E-state index contributed by atoms with van der Waals surface area (Å²) in [6.07, 6.45) is -2.18. The highest BCUT2D eigenvalue weighted by Crippen LogP contribution is 2.44. The molecule has 1 fully saturated rings. The van der Waals surface area contributed by atoms with E-state index in [4.69, 9.17) is 14.6 Å². The molecule has 0 spiro atoms. The van der Waals surface area contributed by atoms with E-state index in [1.54, 1.807) is 0 Å². The Hall–Kier alpha value is -3.43. The zero-order chi connectivity index (χ0) is 23.4. The fourth-order valence-electron chi connectivity index (χ4n) is 4.19. The molecular weight excluding hydrogens is 428 g/mol. The summed E-state index contributed by atoms with van der Waals surface area (Å²) >= 11 is 0. The van der Waals surface area contributed by atoms with Crippen LogP contribution in [-0.4, -0.2) is 78.1 Å². The van der Waals surface area contributed by atoms with Gasteiger partial charge in [0.05, 0.1) is 18.6 Å². The molecular formula is C24H26N2O7. The molecule has 0 bridgehead atoms. The van der Waals surface area contributed by atoms with Gasteiger partial charge in [0.25, 0.3) is 0 Å². The quantitative estimate of drug-likeness (QED) is 0.525. The molecule has 1 heterocycles. The first-order valence-corrected chi connectivity index (χ1v) is 10.8. The van der Waals surface area contributed by atoms with Gasteiger partial charge in [-0.15, -0.1) is 0 Å². The molecule has 9 nitrogen and oxygen atoms in total. The predicted octanol–water partition coefficient (Wildman–Crippen LogP) is 1.59. The van der Waals surface area contributed by atoms with Crippen LogP contribution in [0.1, 0.15) is 23.5 Å². The lowest BCUT2D eigenvalue weighted by Gasteiger charge is -2.39. The van der Waals surface area contributed by atoms with Crippen LogP contribution < -0.4 is 5.32 Å². The number of aliphatic hydroxyl groups is 1. The van der Waals surface area contributed by atoms with E-state index in [-0.39, 0.29) is 37.5 Å². The van der Waals surface area contributed by atoms with Crippen LogP contribution in [0, 0.1) is 0 Å². The van der Waals surface area contributed by atoms with Gasteiger partial charge in [-0.05, 0) is 22.3 Å². The van der Waals surface area contributed by atoms with Gasteiger partial charge in [-0.1, -0.05) is 48.5 Å². The number of carbonyl (C=O) groups is 3. The number of aliphatic hydroxyl groups excluding tert-OH is 1. The van der Waals surface area contributed by atoms with Crippen molar-refractivity contribution < 1.29 is 34.1 Å². The largest absolute Gasteiger partial charge is 0.480 e. The topological polar surface area (TPSA) is 125 Å². The summed E-state index contributed by atoms with van der Waals surface area (Å²) in [5.74, 6) is -1.40.